The number of hydrogen-bond acceptors (Lipinski definition) is 3. The molecule has 0 saturated carbocycles. The van der Waals surface area contributed by atoms with Crippen molar-refractivity contribution in [3.05, 3.63) is 77.0 Å². The number of nitrogens with zero attached hydrogens (tertiary/aromatic N) is 2. The minimum atomic E-state index is -0.235. The summed E-state index contributed by atoms with van der Waals surface area (Å²) in [4.78, 5) is 31.5. The third-order valence-corrected chi connectivity index (χ3v) is 4.46. The van der Waals surface area contributed by atoms with Crippen LogP contribution in [0.5, 0.6) is 0 Å². The maximum absolute atomic E-state index is 12.9. The van der Waals surface area contributed by atoms with Crippen LogP contribution < -0.4 is 0 Å². The number of aryl methyl sites for hydroxylation is 1. The SMILES string of the molecule is Cc1nc2ccccc2c2c1C(=O)N(CCc1ccccc1)C2=O. The highest BCUT2D eigenvalue weighted by Gasteiger charge is 2.38. The average Bonchev–Trinajstić information content (AvgIpc) is 2.86. The number of rotatable bonds is 3. The monoisotopic (exact) mass is 316 g/mol. The minimum Gasteiger partial charge on any atom is -0.274 e. The normalized spacial score (nSPS) is 13.6. The Morgan fingerprint density at radius 1 is 0.875 bits per heavy atom. The van der Waals surface area contributed by atoms with Crippen LogP contribution in [0.3, 0.4) is 0 Å². The molecule has 3 aromatic rings. The number of imide groups is 1. The summed E-state index contributed by atoms with van der Waals surface area (Å²) in [6.45, 7) is 2.17. The number of hydrogen-bond donors (Lipinski definition) is 0. The van der Waals surface area contributed by atoms with Gasteiger partial charge in [-0.05, 0) is 25.0 Å². The molecule has 0 spiro atoms. The summed E-state index contributed by atoms with van der Waals surface area (Å²) in [6, 6.07) is 17.3. The maximum atomic E-state index is 12.9. The Balaban J connectivity index is 1.73. The number of carbonyl (C=O) groups is 2. The molecule has 2 heterocycles. The van der Waals surface area contributed by atoms with E-state index in [0.29, 0.717) is 29.8 Å². The van der Waals surface area contributed by atoms with Gasteiger partial charge in [-0.25, -0.2) is 0 Å². The second-order valence-electron chi connectivity index (χ2n) is 5.96. The molecule has 0 N–H and O–H groups in total. The van der Waals surface area contributed by atoms with E-state index in [9.17, 15) is 9.59 Å². The molecule has 118 valence electrons. The van der Waals surface area contributed by atoms with E-state index in [1.165, 1.54) is 4.90 Å². The van der Waals surface area contributed by atoms with E-state index < -0.39 is 0 Å². The topological polar surface area (TPSA) is 50.3 Å². The second kappa shape index (κ2) is 5.57. The Kier molecular flexibility index (Phi) is 3.38. The first-order chi connectivity index (χ1) is 11.7. The van der Waals surface area contributed by atoms with Crippen molar-refractivity contribution in [2.45, 2.75) is 13.3 Å². The van der Waals surface area contributed by atoms with Gasteiger partial charge in [-0.3, -0.25) is 19.5 Å². The molecule has 4 rings (SSSR count). The fourth-order valence-corrected chi connectivity index (χ4v) is 3.27. The molecule has 0 saturated heterocycles. The standard InChI is InChI=1S/C20H16N2O2/c1-13-17-18(15-9-5-6-10-16(15)21-13)20(24)22(19(17)23)12-11-14-7-3-2-4-8-14/h2-10H,11-12H2,1H3. The zero-order valence-corrected chi connectivity index (χ0v) is 13.3. The van der Waals surface area contributed by atoms with Gasteiger partial charge in [0.1, 0.15) is 0 Å². The molecule has 0 fully saturated rings. The Bertz CT molecular complexity index is 964. The second-order valence-corrected chi connectivity index (χ2v) is 5.96. The highest BCUT2D eigenvalue weighted by Crippen LogP contribution is 2.31. The van der Waals surface area contributed by atoms with Crippen LogP contribution in [0.2, 0.25) is 0 Å². The van der Waals surface area contributed by atoms with E-state index in [1.54, 1.807) is 6.92 Å². The molecule has 24 heavy (non-hydrogen) atoms. The molecule has 1 aliphatic rings. The third-order valence-electron chi connectivity index (χ3n) is 4.46. The molecular weight excluding hydrogens is 300 g/mol. The predicted molar refractivity (Wildman–Crippen MR) is 92.0 cm³/mol. The lowest BCUT2D eigenvalue weighted by atomic mass is 10.0. The van der Waals surface area contributed by atoms with Crippen molar-refractivity contribution in [1.82, 2.24) is 9.88 Å². The molecule has 0 bridgehead atoms. The van der Waals surface area contributed by atoms with Crippen molar-refractivity contribution < 1.29 is 9.59 Å². The van der Waals surface area contributed by atoms with Crippen LogP contribution in [0.25, 0.3) is 10.9 Å². The van der Waals surface area contributed by atoms with Gasteiger partial charge in [0.05, 0.1) is 22.3 Å². The first-order valence-corrected chi connectivity index (χ1v) is 7.96. The summed E-state index contributed by atoms with van der Waals surface area (Å²) in [5.74, 6) is -0.450. The smallest absolute Gasteiger partial charge is 0.263 e. The number of para-hydroxylation sites is 1. The largest absolute Gasteiger partial charge is 0.274 e. The van der Waals surface area contributed by atoms with Crippen molar-refractivity contribution in [2.75, 3.05) is 6.54 Å². The van der Waals surface area contributed by atoms with E-state index in [2.05, 4.69) is 4.98 Å². The fourth-order valence-electron chi connectivity index (χ4n) is 3.27. The van der Waals surface area contributed by atoms with Crippen molar-refractivity contribution in [2.24, 2.45) is 0 Å². The lowest BCUT2D eigenvalue weighted by Crippen LogP contribution is -2.31. The quantitative estimate of drug-likeness (QED) is 0.696. The molecule has 4 nitrogen and oxygen atoms in total. The van der Waals surface area contributed by atoms with Gasteiger partial charge in [0.2, 0.25) is 0 Å². The summed E-state index contributed by atoms with van der Waals surface area (Å²) in [6.07, 6.45) is 0.650. The van der Waals surface area contributed by atoms with Gasteiger partial charge in [-0.1, -0.05) is 48.5 Å². The van der Waals surface area contributed by atoms with E-state index in [-0.39, 0.29) is 11.8 Å². The van der Waals surface area contributed by atoms with Crippen LogP contribution in [0.4, 0.5) is 0 Å². The van der Waals surface area contributed by atoms with Crippen molar-refractivity contribution in [3.63, 3.8) is 0 Å². The number of benzene rings is 2. The Morgan fingerprint density at radius 3 is 2.33 bits per heavy atom. The number of aromatic nitrogens is 1. The van der Waals surface area contributed by atoms with Crippen LogP contribution in [0.15, 0.2) is 54.6 Å². The van der Waals surface area contributed by atoms with E-state index in [0.717, 1.165) is 16.5 Å². The van der Waals surface area contributed by atoms with Crippen LogP contribution in [-0.4, -0.2) is 28.2 Å². The molecule has 0 unspecified atom stereocenters. The van der Waals surface area contributed by atoms with Crippen LogP contribution >= 0.6 is 0 Å². The lowest BCUT2D eigenvalue weighted by molar-refractivity contribution is 0.0656. The van der Waals surface area contributed by atoms with Crippen LogP contribution in [-0.2, 0) is 6.42 Å². The van der Waals surface area contributed by atoms with E-state index in [4.69, 9.17) is 0 Å². The zero-order chi connectivity index (χ0) is 16.7. The van der Waals surface area contributed by atoms with E-state index >= 15 is 0 Å². The molecule has 0 radical (unpaired) electrons. The Labute approximate surface area is 139 Å². The molecule has 0 aliphatic carbocycles. The summed E-state index contributed by atoms with van der Waals surface area (Å²) in [5.41, 5.74) is 3.42. The van der Waals surface area contributed by atoms with Crippen molar-refractivity contribution in [1.29, 1.82) is 0 Å². The number of pyridine rings is 1. The molecule has 1 aliphatic heterocycles. The molecule has 2 aromatic carbocycles. The van der Waals surface area contributed by atoms with E-state index in [1.807, 2.05) is 54.6 Å². The summed E-state index contributed by atoms with van der Waals surface area (Å²) in [7, 11) is 0. The van der Waals surface area contributed by atoms with Gasteiger partial charge < -0.3 is 0 Å². The number of carbonyl (C=O) groups excluding carboxylic acids is 2. The van der Waals surface area contributed by atoms with Gasteiger partial charge in [-0.2, -0.15) is 0 Å². The minimum absolute atomic E-state index is 0.215. The van der Waals surface area contributed by atoms with Gasteiger partial charge in [-0.15, -0.1) is 0 Å². The molecule has 1 aromatic heterocycles. The molecular formula is C20H16N2O2. The molecule has 2 amide bonds. The van der Waals surface area contributed by atoms with Crippen molar-refractivity contribution in [3.8, 4) is 0 Å². The lowest BCUT2D eigenvalue weighted by Gasteiger charge is -2.13. The molecule has 0 atom stereocenters. The van der Waals surface area contributed by atoms with Gasteiger partial charge in [0.15, 0.2) is 0 Å². The zero-order valence-electron chi connectivity index (χ0n) is 13.3. The Morgan fingerprint density at radius 2 is 1.54 bits per heavy atom. The molecule has 4 heteroatoms. The first-order valence-electron chi connectivity index (χ1n) is 7.96. The number of fused-ring (bicyclic) bond motifs is 3. The van der Waals surface area contributed by atoms with Gasteiger partial charge >= 0.3 is 0 Å². The third kappa shape index (κ3) is 2.19. The number of amides is 2. The highest BCUT2D eigenvalue weighted by molar-refractivity contribution is 6.26. The maximum Gasteiger partial charge on any atom is 0.263 e. The highest BCUT2D eigenvalue weighted by atomic mass is 16.2. The van der Waals surface area contributed by atoms with Gasteiger partial charge in [0.25, 0.3) is 11.8 Å². The van der Waals surface area contributed by atoms with Crippen LogP contribution in [0.1, 0.15) is 32.0 Å². The summed E-state index contributed by atoms with van der Waals surface area (Å²) >= 11 is 0. The fraction of sp³-hybridized carbons (Fsp3) is 0.150. The van der Waals surface area contributed by atoms with Crippen molar-refractivity contribution >= 4 is 22.7 Å². The summed E-state index contributed by atoms with van der Waals surface area (Å²) < 4.78 is 0. The first kappa shape index (κ1) is 14.6. The van der Waals surface area contributed by atoms with Crippen LogP contribution in [0, 0.1) is 6.92 Å². The Hall–Kier alpha value is -3.01. The van der Waals surface area contributed by atoms with Gasteiger partial charge in [0, 0.05) is 11.9 Å². The predicted octanol–water partition coefficient (Wildman–Crippen LogP) is 3.38. The summed E-state index contributed by atoms with van der Waals surface area (Å²) in [5, 5.41) is 0.749. The average molecular weight is 316 g/mol.